The number of aromatic amines is 1. The maximum Gasteiger partial charge on any atom is 0.406 e. The average molecular weight is 545 g/mol. The second-order valence-electron chi connectivity index (χ2n) is 9.18. The highest BCUT2D eigenvalue weighted by Crippen LogP contribution is 2.46. The summed E-state index contributed by atoms with van der Waals surface area (Å²) in [5, 5.41) is 6.43. The summed E-state index contributed by atoms with van der Waals surface area (Å²) in [4.78, 5) is 41.4. The van der Waals surface area contributed by atoms with Crippen LogP contribution in [-0.4, -0.2) is 54.0 Å². The van der Waals surface area contributed by atoms with Crippen molar-refractivity contribution in [2.45, 2.75) is 84.2 Å². The molecule has 0 spiro atoms. The quantitative estimate of drug-likeness (QED) is 0.0834. The van der Waals surface area contributed by atoms with E-state index in [1.54, 1.807) is 20.8 Å². The minimum absolute atomic E-state index is 0.121. The van der Waals surface area contributed by atoms with Crippen molar-refractivity contribution in [3.05, 3.63) is 43.0 Å². The molecule has 1 saturated heterocycles. The van der Waals surface area contributed by atoms with E-state index in [1.807, 2.05) is 0 Å². The molecule has 14 nitrogen and oxygen atoms in total. The summed E-state index contributed by atoms with van der Waals surface area (Å²) >= 11 is 0. The molecule has 0 aliphatic carbocycles. The van der Waals surface area contributed by atoms with E-state index in [1.165, 1.54) is 17.9 Å². The maximum atomic E-state index is 13.7. The molecule has 1 aromatic heterocycles. The molecule has 1 aliphatic heterocycles. The van der Waals surface area contributed by atoms with Crippen LogP contribution in [0.5, 0.6) is 0 Å². The molecule has 5 atom stereocenters. The molecule has 0 aromatic carbocycles. The molecule has 1 aliphatic rings. The molecule has 2 rings (SSSR count). The molecule has 0 amide bonds. The average Bonchev–Trinajstić information content (AvgIpc) is 3.25. The molecule has 15 heteroatoms. The van der Waals surface area contributed by atoms with Crippen molar-refractivity contribution in [2.75, 3.05) is 20.3 Å². The first-order valence-electron chi connectivity index (χ1n) is 12.3. The predicted octanol–water partition coefficient (Wildman–Crippen LogP) is 3.32. The van der Waals surface area contributed by atoms with Crippen LogP contribution < -0.4 is 16.3 Å². The Bertz CT molecular complexity index is 1120. The van der Waals surface area contributed by atoms with Crippen molar-refractivity contribution < 1.29 is 27.9 Å². The molecular formula is C22H37N6O8P. The molecule has 0 radical (unpaired) electrons. The Balaban J connectivity index is 2.22. The zero-order valence-corrected chi connectivity index (χ0v) is 22.8. The molecule has 1 unspecified atom stereocenters. The SMILES string of the molecule is CCCCCCOP(=O)(N[C@H](C(=O)OC)C(C)C)OC[C@H]1O[C@@H](n2cc(C)c(=O)[nH]c2=O)C[C@@H]1N=[N+]=[N-]. The van der Waals surface area contributed by atoms with Crippen LogP contribution in [0.4, 0.5) is 0 Å². The van der Waals surface area contributed by atoms with Gasteiger partial charge in [0.1, 0.15) is 12.3 Å². The highest BCUT2D eigenvalue weighted by Gasteiger charge is 2.40. The van der Waals surface area contributed by atoms with Crippen LogP contribution in [-0.2, 0) is 27.9 Å². The Hall–Kier alpha value is -2.47. The number of nitrogens with one attached hydrogen (secondary N) is 2. The minimum Gasteiger partial charge on any atom is -0.468 e. The molecular weight excluding hydrogens is 507 g/mol. The van der Waals surface area contributed by atoms with Crippen LogP contribution in [0.3, 0.4) is 0 Å². The van der Waals surface area contributed by atoms with Crippen molar-refractivity contribution in [3.8, 4) is 0 Å². The lowest BCUT2D eigenvalue weighted by Crippen LogP contribution is -2.41. The van der Waals surface area contributed by atoms with Gasteiger partial charge in [0.25, 0.3) is 5.56 Å². The third-order valence-electron chi connectivity index (χ3n) is 5.95. The van der Waals surface area contributed by atoms with E-state index in [4.69, 9.17) is 24.1 Å². The largest absolute Gasteiger partial charge is 0.468 e. The molecule has 2 N–H and O–H groups in total. The number of carbonyl (C=O) groups excluding carboxylic acids is 1. The van der Waals surface area contributed by atoms with Crippen LogP contribution in [0, 0.1) is 12.8 Å². The van der Waals surface area contributed by atoms with Gasteiger partial charge in [-0.05, 0) is 24.8 Å². The Labute approximate surface area is 215 Å². The third-order valence-corrected chi connectivity index (χ3v) is 7.55. The number of aryl methyl sites for hydroxylation is 1. The normalized spacial score (nSPS) is 21.8. The van der Waals surface area contributed by atoms with Crippen LogP contribution in [0.1, 0.15) is 64.7 Å². The van der Waals surface area contributed by atoms with Gasteiger partial charge in [0.15, 0.2) is 0 Å². The van der Waals surface area contributed by atoms with E-state index in [0.29, 0.717) is 12.0 Å². The Morgan fingerprint density at radius 1 is 1.35 bits per heavy atom. The van der Waals surface area contributed by atoms with E-state index < -0.39 is 49.4 Å². The first-order valence-corrected chi connectivity index (χ1v) is 13.9. The molecule has 2 heterocycles. The number of carbonyl (C=O) groups is 1. The number of hydrogen-bond acceptors (Lipinski definition) is 9. The van der Waals surface area contributed by atoms with E-state index in [9.17, 15) is 18.9 Å². The number of hydrogen-bond donors (Lipinski definition) is 2. The zero-order chi connectivity index (χ0) is 27.6. The topological polar surface area (TPSA) is 187 Å². The van der Waals surface area contributed by atoms with Crippen molar-refractivity contribution in [1.82, 2.24) is 14.6 Å². The summed E-state index contributed by atoms with van der Waals surface area (Å²) in [6, 6.07) is -1.71. The van der Waals surface area contributed by atoms with E-state index in [0.717, 1.165) is 19.3 Å². The number of azide groups is 1. The first-order chi connectivity index (χ1) is 17.5. The first kappa shape index (κ1) is 30.8. The summed E-state index contributed by atoms with van der Waals surface area (Å²) in [5.41, 5.74) is 8.13. The van der Waals surface area contributed by atoms with Gasteiger partial charge in [0.2, 0.25) is 0 Å². The van der Waals surface area contributed by atoms with Gasteiger partial charge >= 0.3 is 19.4 Å². The number of nitrogens with zero attached hydrogens (tertiary/aromatic N) is 4. The van der Waals surface area contributed by atoms with Crippen molar-refractivity contribution in [1.29, 1.82) is 0 Å². The second kappa shape index (κ2) is 14.5. The van der Waals surface area contributed by atoms with Gasteiger partial charge in [-0.15, -0.1) is 0 Å². The minimum atomic E-state index is -4.04. The fourth-order valence-corrected chi connectivity index (χ4v) is 5.47. The predicted molar refractivity (Wildman–Crippen MR) is 135 cm³/mol. The Kier molecular flexibility index (Phi) is 12.0. The maximum absolute atomic E-state index is 13.7. The van der Waals surface area contributed by atoms with Gasteiger partial charge in [0, 0.05) is 23.1 Å². The number of rotatable bonds is 15. The summed E-state index contributed by atoms with van der Waals surface area (Å²) in [7, 11) is -2.81. The highest BCUT2D eigenvalue weighted by atomic mass is 31.2. The lowest BCUT2D eigenvalue weighted by molar-refractivity contribution is -0.143. The standard InChI is InChI=1S/C22H37N6O8P/c1-6-7-8-9-10-34-37(32,26-19(14(2)3)21(30)33-5)35-13-17-16(25-27-23)11-18(36-17)28-12-15(4)20(29)24-22(28)31/h12,14,16-19H,6-11,13H2,1-5H3,(H,26,32)(H,24,29,31)/t16-,17+,18+,19-,37?/m0/s1. The molecule has 0 saturated carbocycles. The summed E-state index contributed by atoms with van der Waals surface area (Å²) in [6.07, 6.45) is 3.28. The van der Waals surface area contributed by atoms with Gasteiger partial charge in [-0.3, -0.25) is 28.2 Å². The van der Waals surface area contributed by atoms with Crippen molar-refractivity contribution >= 4 is 13.7 Å². The smallest absolute Gasteiger partial charge is 0.406 e. The summed E-state index contributed by atoms with van der Waals surface area (Å²) in [6.45, 7) is 6.94. The van der Waals surface area contributed by atoms with Gasteiger partial charge in [-0.1, -0.05) is 45.1 Å². The number of aromatic nitrogens is 2. The number of esters is 1. The lowest BCUT2D eigenvalue weighted by atomic mass is 10.1. The lowest BCUT2D eigenvalue weighted by Gasteiger charge is -2.27. The Morgan fingerprint density at radius 2 is 2.08 bits per heavy atom. The number of ether oxygens (including phenoxy) is 2. The second-order valence-corrected chi connectivity index (χ2v) is 10.9. The van der Waals surface area contributed by atoms with Crippen LogP contribution in [0.25, 0.3) is 10.4 Å². The molecule has 37 heavy (non-hydrogen) atoms. The van der Waals surface area contributed by atoms with E-state index in [-0.39, 0.29) is 25.6 Å². The van der Waals surface area contributed by atoms with Crippen molar-refractivity contribution in [2.24, 2.45) is 11.0 Å². The number of H-pyrrole nitrogens is 1. The van der Waals surface area contributed by atoms with Crippen molar-refractivity contribution in [3.63, 3.8) is 0 Å². The molecule has 208 valence electrons. The fraction of sp³-hybridized carbons (Fsp3) is 0.773. The van der Waals surface area contributed by atoms with Crippen LogP contribution >= 0.6 is 7.75 Å². The van der Waals surface area contributed by atoms with Gasteiger partial charge in [-0.2, -0.15) is 0 Å². The van der Waals surface area contributed by atoms with E-state index >= 15 is 0 Å². The van der Waals surface area contributed by atoms with E-state index in [2.05, 4.69) is 27.0 Å². The summed E-state index contributed by atoms with van der Waals surface area (Å²) in [5.74, 6) is -0.906. The third kappa shape index (κ3) is 8.80. The fourth-order valence-electron chi connectivity index (χ4n) is 3.79. The van der Waals surface area contributed by atoms with Crippen LogP contribution in [0.15, 0.2) is 20.9 Å². The van der Waals surface area contributed by atoms with Gasteiger partial charge < -0.3 is 9.47 Å². The number of unbranched alkanes of at least 4 members (excludes halogenated alkanes) is 3. The summed E-state index contributed by atoms with van der Waals surface area (Å²) < 4.78 is 36.9. The van der Waals surface area contributed by atoms with Gasteiger partial charge in [0.05, 0.1) is 32.5 Å². The molecule has 1 aromatic rings. The number of methoxy groups -OCH3 is 1. The highest BCUT2D eigenvalue weighted by molar-refractivity contribution is 7.51. The zero-order valence-electron chi connectivity index (χ0n) is 21.9. The van der Waals surface area contributed by atoms with Gasteiger partial charge in [-0.25, -0.2) is 14.4 Å². The monoisotopic (exact) mass is 544 g/mol. The Morgan fingerprint density at radius 3 is 2.70 bits per heavy atom. The van der Waals surface area contributed by atoms with Crippen LogP contribution in [0.2, 0.25) is 0 Å². The molecule has 1 fully saturated rings. The molecule has 0 bridgehead atoms.